The Balaban J connectivity index is 2.57. The number of carboxylic acids is 1. The van der Waals surface area contributed by atoms with Crippen molar-refractivity contribution in [2.24, 2.45) is 0 Å². The predicted octanol–water partition coefficient (Wildman–Crippen LogP) is 2.61. The Hall–Kier alpha value is -2.24. The molecule has 0 fully saturated rings. The van der Waals surface area contributed by atoms with Crippen molar-refractivity contribution < 1.29 is 24.2 Å². The van der Waals surface area contributed by atoms with Crippen molar-refractivity contribution in [3.63, 3.8) is 0 Å². The van der Waals surface area contributed by atoms with Gasteiger partial charge < -0.3 is 19.9 Å². The van der Waals surface area contributed by atoms with Crippen LogP contribution in [-0.2, 0) is 16.0 Å². The van der Waals surface area contributed by atoms with Gasteiger partial charge in [0.25, 0.3) is 0 Å². The molecule has 1 rings (SSSR count). The first kappa shape index (κ1) is 17.8. The zero-order chi connectivity index (χ0) is 16.8. The summed E-state index contributed by atoms with van der Waals surface area (Å²) in [5, 5.41) is 11.4. The van der Waals surface area contributed by atoms with E-state index in [1.54, 1.807) is 32.9 Å². The number of aryl methyl sites for hydroxylation is 1. The molecular weight excluding hydrogens is 286 g/mol. The minimum atomic E-state index is -1.18. The Bertz CT molecular complexity index is 504. The molecule has 1 aromatic rings. The molecule has 1 amide bonds. The first-order chi connectivity index (χ1) is 10.2. The molecule has 0 saturated carbocycles. The number of aliphatic carboxylic acids is 1. The number of hydrogen-bond acceptors (Lipinski definition) is 4. The van der Waals surface area contributed by atoms with E-state index in [1.165, 1.54) is 0 Å². The second kappa shape index (κ2) is 7.68. The highest BCUT2D eigenvalue weighted by atomic mass is 16.6. The number of ether oxygens (including phenoxy) is 2. The second-order valence-electron chi connectivity index (χ2n) is 5.85. The third kappa shape index (κ3) is 6.47. The van der Waals surface area contributed by atoms with E-state index in [9.17, 15) is 9.59 Å². The van der Waals surface area contributed by atoms with Crippen LogP contribution < -0.4 is 10.1 Å². The van der Waals surface area contributed by atoms with Gasteiger partial charge in [-0.3, -0.25) is 0 Å². The second-order valence-corrected chi connectivity index (χ2v) is 5.85. The van der Waals surface area contributed by atoms with Crippen molar-refractivity contribution in [2.75, 3.05) is 6.61 Å². The van der Waals surface area contributed by atoms with E-state index in [0.717, 1.165) is 12.0 Å². The molecule has 0 saturated heterocycles. The predicted molar refractivity (Wildman–Crippen MR) is 82.1 cm³/mol. The van der Waals surface area contributed by atoms with Crippen molar-refractivity contribution in [2.45, 2.75) is 45.8 Å². The molecule has 0 aliphatic carbocycles. The molecule has 0 aromatic heterocycles. The maximum absolute atomic E-state index is 11.6. The number of alkyl carbamates (subject to hydrolysis) is 1. The largest absolute Gasteiger partial charge is 0.491 e. The molecule has 1 aromatic carbocycles. The van der Waals surface area contributed by atoms with E-state index in [0.29, 0.717) is 5.75 Å². The Morgan fingerprint density at radius 2 is 1.82 bits per heavy atom. The number of carbonyl (C=O) groups excluding carboxylic acids is 1. The molecule has 0 aliphatic heterocycles. The zero-order valence-electron chi connectivity index (χ0n) is 13.4. The van der Waals surface area contributed by atoms with Crippen LogP contribution in [0.4, 0.5) is 4.79 Å². The summed E-state index contributed by atoms with van der Waals surface area (Å²) >= 11 is 0. The number of carbonyl (C=O) groups is 2. The van der Waals surface area contributed by atoms with Crippen LogP contribution in [0.3, 0.4) is 0 Å². The molecule has 0 spiro atoms. The van der Waals surface area contributed by atoms with E-state index in [1.807, 2.05) is 19.1 Å². The highest BCUT2D eigenvalue weighted by Gasteiger charge is 2.24. The quantitative estimate of drug-likeness (QED) is 0.843. The van der Waals surface area contributed by atoms with Gasteiger partial charge in [0, 0.05) is 0 Å². The lowest BCUT2D eigenvalue weighted by Gasteiger charge is -2.22. The summed E-state index contributed by atoms with van der Waals surface area (Å²) in [7, 11) is 0. The highest BCUT2D eigenvalue weighted by molar-refractivity contribution is 5.80. The maximum Gasteiger partial charge on any atom is 0.408 e. The fourth-order valence-corrected chi connectivity index (χ4v) is 1.63. The molecule has 0 radical (unpaired) electrons. The number of hydrogen-bond donors (Lipinski definition) is 2. The number of amides is 1. The molecule has 0 bridgehead atoms. The zero-order valence-corrected chi connectivity index (χ0v) is 13.4. The lowest BCUT2D eigenvalue weighted by Crippen LogP contribution is -2.46. The van der Waals surface area contributed by atoms with Crippen molar-refractivity contribution in [3.05, 3.63) is 29.8 Å². The molecule has 1 atom stereocenters. The Labute approximate surface area is 130 Å². The molecule has 0 heterocycles. The summed E-state index contributed by atoms with van der Waals surface area (Å²) in [6.07, 6.45) is 0.128. The van der Waals surface area contributed by atoms with Crippen molar-refractivity contribution in [1.29, 1.82) is 0 Å². The lowest BCUT2D eigenvalue weighted by atomic mass is 10.2. The van der Waals surface area contributed by atoms with Gasteiger partial charge >= 0.3 is 12.1 Å². The van der Waals surface area contributed by atoms with Crippen molar-refractivity contribution >= 4 is 12.1 Å². The Kier molecular flexibility index (Phi) is 6.22. The minimum Gasteiger partial charge on any atom is -0.491 e. The van der Waals surface area contributed by atoms with E-state index >= 15 is 0 Å². The number of carboxylic acid groups (broad SMARTS) is 1. The first-order valence-electron chi connectivity index (χ1n) is 7.15. The average Bonchev–Trinajstić information content (AvgIpc) is 2.41. The summed E-state index contributed by atoms with van der Waals surface area (Å²) in [5.41, 5.74) is 0.471. The molecule has 6 nitrogen and oxygen atoms in total. The van der Waals surface area contributed by atoms with Gasteiger partial charge in [0.2, 0.25) is 0 Å². The first-order valence-corrected chi connectivity index (χ1v) is 7.15. The number of rotatable bonds is 6. The molecule has 2 N–H and O–H groups in total. The van der Waals surface area contributed by atoms with Gasteiger partial charge in [-0.25, -0.2) is 9.59 Å². The monoisotopic (exact) mass is 309 g/mol. The van der Waals surface area contributed by atoms with E-state index in [-0.39, 0.29) is 6.61 Å². The van der Waals surface area contributed by atoms with Crippen LogP contribution in [0, 0.1) is 0 Å². The standard InChI is InChI=1S/C16H23NO5/c1-5-11-6-8-12(9-7-11)21-10-13(14(18)19)17-15(20)22-16(2,3)4/h6-9,13H,5,10H2,1-4H3,(H,17,20)(H,18,19)/t13-/m0/s1. The normalized spacial score (nSPS) is 12.4. The molecule has 122 valence electrons. The van der Waals surface area contributed by atoms with Gasteiger partial charge in [-0.15, -0.1) is 0 Å². The van der Waals surface area contributed by atoms with Crippen LogP contribution >= 0.6 is 0 Å². The molecule has 6 heteroatoms. The van der Waals surface area contributed by atoms with Crippen LogP contribution in [0.15, 0.2) is 24.3 Å². The third-order valence-electron chi connectivity index (χ3n) is 2.74. The SMILES string of the molecule is CCc1ccc(OC[C@H](NC(=O)OC(C)(C)C)C(=O)O)cc1. The van der Waals surface area contributed by atoms with Gasteiger partial charge in [0.15, 0.2) is 6.04 Å². The third-order valence-corrected chi connectivity index (χ3v) is 2.74. The Morgan fingerprint density at radius 1 is 1.23 bits per heavy atom. The summed E-state index contributed by atoms with van der Waals surface area (Å²) < 4.78 is 10.4. The van der Waals surface area contributed by atoms with Gasteiger partial charge in [-0.2, -0.15) is 0 Å². The Morgan fingerprint density at radius 3 is 2.27 bits per heavy atom. The van der Waals surface area contributed by atoms with E-state index < -0.39 is 23.7 Å². The summed E-state index contributed by atoms with van der Waals surface area (Å²) in [6, 6.07) is 6.18. The summed E-state index contributed by atoms with van der Waals surface area (Å²) in [5.74, 6) is -0.634. The topological polar surface area (TPSA) is 84.9 Å². The average molecular weight is 309 g/mol. The molecular formula is C16H23NO5. The fourth-order valence-electron chi connectivity index (χ4n) is 1.63. The molecule has 22 heavy (non-hydrogen) atoms. The molecule has 0 unspecified atom stereocenters. The van der Waals surface area contributed by atoms with Gasteiger partial charge in [0.05, 0.1) is 0 Å². The van der Waals surface area contributed by atoms with Gasteiger partial charge in [-0.05, 0) is 44.9 Å². The van der Waals surface area contributed by atoms with Crippen LogP contribution in [0.5, 0.6) is 5.75 Å². The van der Waals surface area contributed by atoms with Crippen LogP contribution in [0.25, 0.3) is 0 Å². The maximum atomic E-state index is 11.6. The van der Waals surface area contributed by atoms with Crippen LogP contribution in [0.2, 0.25) is 0 Å². The van der Waals surface area contributed by atoms with Gasteiger partial charge in [-0.1, -0.05) is 19.1 Å². The smallest absolute Gasteiger partial charge is 0.408 e. The fraction of sp³-hybridized carbons (Fsp3) is 0.500. The number of benzene rings is 1. The lowest BCUT2D eigenvalue weighted by molar-refractivity contribution is -0.140. The van der Waals surface area contributed by atoms with Crippen LogP contribution in [-0.4, -0.2) is 35.4 Å². The summed E-state index contributed by atoms with van der Waals surface area (Å²) in [4.78, 5) is 22.8. The number of nitrogens with one attached hydrogen (secondary N) is 1. The van der Waals surface area contributed by atoms with Crippen molar-refractivity contribution in [3.8, 4) is 5.75 Å². The highest BCUT2D eigenvalue weighted by Crippen LogP contribution is 2.13. The molecule has 0 aliphatic rings. The summed E-state index contributed by atoms with van der Waals surface area (Å²) in [6.45, 7) is 6.97. The minimum absolute atomic E-state index is 0.181. The van der Waals surface area contributed by atoms with E-state index in [4.69, 9.17) is 14.6 Å². The van der Waals surface area contributed by atoms with Gasteiger partial charge in [0.1, 0.15) is 18.0 Å². The van der Waals surface area contributed by atoms with Crippen molar-refractivity contribution in [1.82, 2.24) is 5.32 Å². The van der Waals surface area contributed by atoms with E-state index in [2.05, 4.69) is 5.32 Å². The van der Waals surface area contributed by atoms with Crippen LogP contribution in [0.1, 0.15) is 33.3 Å².